The van der Waals surface area contributed by atoms with Crippen molar-refractivity contribution in [2.45, 2.75) is 39.5 Å². The molecule has 0 radical (unpaired) electrons. The second-order valence-corrected chi connectivity index (χ2v) is 5.23. The van der Waals surface area contributed by atoms with Gasteiger partial charge in [-0.2, -0.15) is 0 Å². The van der Waals surface area contributed by atoms with Crippen LogP contribution in [0.25, 0.3) is 11.0 Å². The van der Waals surface area contributed by atoms with Gasteiger partial charge in [-0.25, -0.2) is 4.79 Å². The summed E-state index contributed by atoms with van der Waals surface area (Å²) in [5.41, 5.74) is -0.642. The molecule has 1 aromatic carbocycles. The van der Waals surface area contributed by atoms with E-state index in [1.54, 1.807) is 6.07 Å². The summed E-state index contributed by atoms with van der Waals surface area (Å²) in [6.07, 6.45) is 4.05. The molecule has 2 aromatic rings. The lowest BCUT2D eigenvalue weighted by Crippen LogP contribution is -2.13. The molecule has 0 atom stereocenters. The number of hydrogen-bond acceptors (Lipinski definition) is 6. The smallest absolute Gasteiger partial charge is 0.383 e. The van der Waals surface area contributed by atoms with Gasteiger partial charge in [0.05, 0.1) is 12.0 Å². The number of phenols is 1. The van der Waals surface area contributed by atoms with Gasteiger partial charge in [-0.3, -0.25) is 4.79 Å². The first kappa shape index (κ1) is 16.9. The molecule has 1 heterocycles. The van der Waals surface area contributed by atoms with Crippen molar-refractivity contribution in [2.24, 2.45) is 0 Å². The highest BCUT2D eigenvalue weighted by Gasteiger charge is 2.19. The van der Waals surface area contributed by atoms with Crippen molar-refractivity contribution in [3.8, 4) is 17.2 Å². The lowest BCUT2D eigenvalue weighted by Gasteiger charge is -2.12. The van der Waals surface area contributed by atoms with Gasteiger partial charge in [-0.1, -0.05) is 26.2 Å². The molecule has 0 aliphatic rings. The van der Waals surface area contributed by atoms with E-state index < -0.39 is 11.6 Å². The van der Waals surface area contributed by atoms with Gasteiger partial charge in [-0.05, 0) is 18.6 Å². The standard InChI is InChI=1S/C17H20O6/c1-3-4-5-6-9-21-15-13-8-7-12(19)10-14(13)23-17(20)16(15)22-11(2)18/h7-8,10,19H,3-6,9H2,1-2H3. The second kappa shape index (κ2) is 7.67. The Bertz CT molecular complexity index is 747. The van der Waals surface area contributed by atoms with Gasteiger partial charge in [0.1, 0.15) is 11.3 Å². The van der Waals surface area contributed by atoms with E-state index in [0.717, 1.165) is 25.7 Å². The van der Waals surface area contributed by atoms with E-state index in [1.807, 2.05) is 0 Å². The first-order chi connectivity index (χ1) is 11.0. The van der Waals surface area contributed by atoms with E-state index in [2.05, 4.69) is 6.92 Å². The normalized spacial score (nSPS) is 10.7. The van der Waals surface area contributed by atoms with Crippen LogP contribution in [0.2, 0.25) is 0 Å². The summed E-state index contributed by atoms with van der Waals surface area (Å²) in [5.74, 6) is -0.754. The molecule has 0 fully saturated rings. The molecular formula is C17H20O6. The average Bonchev–Trinajstić information content (AvgIpc) is 2.49. The monoisotopic (exact) mass is 320 g/mol. The fourth-order valence-electron chi connectivity index (χ4n) is 2.22. The molecule has 1 N–H and O–H groups in total. The molecule has 6 heteroatoms. The van der Waals surface area contributed by atoms with Crippen LogP contribution in [0.3, 0.4) is 0 Å². The number of phenolic OH excluding ortho intramolecular Hbond substituents is 1. The maximum atomic E-state index is 12.0. The molecule has 2 rings (SSSR count). The molecule has 23 heavy (non-hydrogen) atoms. The van der Waals surface area contributed by atoms with E-state index in [-0.39, 0.29) is 22.8 Å². The Morgan fingerprint density at radius 1 is 1.22 bits per heavy atom. The highest BCUT2D eigenvalue weighted by atomic mass is 16.6. The molecule has 0 amide bonds. The number of carbonyl (C=O) groups is 1. The van der Waals surface area contributed by atoms with Crippen LogP contribution in [-0.4, -0.2) is 17.7 Å². The van der Waals surface area contributed by atoms with Crippen molar-refractivity contribution < 1.29 is 23.8 Å². The highest BCUT2D eigenvalue weighted by molar-refractivity contribution is 5.87. The summed E-state index contributed by atoms with van der Waals surface area (Å²) in [7, 11) is 0. The fourth-order valence-corrected chi connectivity index (χ4v) is 2.22. The van der Waals surface area contributed by atoms with Crippen molar-refractivity contribution in [1.29, 1.82) is 0 Å². The molecular weight excluding hydrogens is 300 g/mol. The molecule has 0 saturated carbocycles. The zero-order valence-corrected chi connectivity index (χ0v) is 13.3. The van der Waals surface area contributed by atoms with Crippen LogP contribution in [0.1, 0.15) is 39.5 Å². The van der Waals surface area contributed by atoms with Crippen LogP contribution in [0, 0.1) is 0 Å². The van der Waals surface area contributed by atoms with Crippen LogP contribution >= 0.6 is 0 Å². The lowest BCUT2D eigenvalue weighted by molar-refractivity contribution is -0.132. The summed E-state index contributed by atoms with van der Waals surface area (Å²) >= 11 is 0. The molecule has 6 nitrogen and oxygen atoms in total. The summed E-state index contributed by atoms with van der Waals surface area (Å²) < 4.78 is 15.7. The van der Waals surface area contributed by atoms with Crippen molar-refractivity contribution >= 4 is 16.9 Å². The van der Waals surface area contributed by atoms with Crippen LogP contribution in [0.15, 0.2) is 27.4 Å². The van der Waals surface area contributed by atoms with Crippen LogP contribution in [0.5, 0.6) is 17.2 Å². The Balaban J connectivity index is 2.39. The maximum Gasteiger partial charge on any atom is 0.383 e. The molecule has 124 valence electrons. The topological polar surface area (TPSA) is 86.0 Å². The molecule has 0 aliphatic heterocycles. The molecule has 0 bridgehead atoms. The minimum atomic E-state index is -0.818. The van der Waals surface area contributed by atoms with E-state index in [0.29, 0.717) is 12.0 Å². The summed E-state index contributed by atoms with van der Waals surface area (Å²) in [6, 6.07) is 4.32. The third-order valence-electron chi connectivity index (χ3n) is 3.29. The minimum absolute atomic E-state index is 0.0326. The van der Waals surface area contributed by atoms with Crippen LogP contribution < -0.4 is 15.1 Å². The SMILES string of the molecule is CCCCCCOc1c(OC(C)=O)c(=O)oc2cc(O)ccc12. The predicted molar refractivity (Wildman–Crippen MR) is 85.1 cm³/mol. The summed E-state index contributed by atoms with van der Waals surface area (Å²) in [6.45, 7) is 3.71. The zero-order chi connectivity index (χ0) is 16.8. The van der Waals surface area contributed by atoms with Gasteiger partial charge in [0.25, 0.3) is 5.75 Å². The number of carbonyl (C=O) groups excluding carboxylic acids is 1. The number of rotatable bonds is 7. The zero-order valence-electron chi connectivity index (χ0n) is 13.3. The number of fused-ring (bicyclic) bond motifs is 1. The second-order valence-electron chi connectivity index (χ2n) is 5.23. The van der Waals surface area contributed by atoms with Gasteiger partial charge in [0, 0.05) is 13.0 Å². The minimum Gasteiger partial charge on any atom is -0.508 e. The number of ether oxygens (including phenoxy) is 2. The summed E-state index contributed by atoms with van der Waals surface area (Å²) in [4.78, 5) is 23.3. The molecule has 0 spiro atoms. The van der Waals surface area contributed by atoms with E-state index in [9.17, 15) is 14.7 Å². The number of aromatic hydroxyl groups is 1. The van der Waals surface area contributed by atoms with Crippen LogP contribution in [0.4, 0.5) is 0 Å². The Hall–Kier alpha value is -2.50. The van der Waals surface area contributed by atoms with E-state index >= 15 is 0 Å². The van der Waals surface area contributed by atoms with Gasteiger partial charge < -0.3 is 19.0 Å². The lowest BCUT2D eigenvalue weighted by atomic mass is 10.2. The molecule has 0 aliphatic carbocycles. The number of benzene rings is 1. The van der Waals surface area contributed by atoms with Gasteiger partial charge in [-0.15, -0.1) is 0 Å². The first-order valence-corrected chi connectivity index (χ1v) is 7.64. The maximum absolute atomic E-state index is 12.0. The third kappa shape index (κ3) is 4.25. The Morgan fingerprint density at radius 2 is 2.00 bits per heavy atom. The third-order valence-corrected chi connectivity index (χ3v) is 3.29. The molecule has 0 saturated heterocycles. The van der Waals surface area contributed by atoms with Crippen molar-refractivity contribution in [3.63, 3.8) is 0 Å². The largest absolute Gasteiger partial charge is 0.508 e. The van der Waals surface area contributed by atoms with Crippen molar-refractivity contribution in [2.75, 3.05) is 6.61 Å². The Kier molecular flexibility index (Phi) is 5.62. The van der Waals surface area contributed by atoms with Crippen molar-refractivity contribution in [3.05, 3.63) is 28.6 Å². The van der Waals surface area contributed by atoms with E-state index in [4.69, 9.17) is 13.9 Å². The number of esters is 1. The van der Waals surface area contributed by atoms with Gasteiger partial charge in [0.2, 0.25) is 0 Å². The Labute approximate surface area is 133 Å². The average molecular weight is 320 g/mol. The van der Waals surface area contributed by atoms with Gasteiger partial charge >= 0.3 is 11.6 Å². The number of unbranched alkanes of at least 4 members (excludes halogenated alkanes) is 3. The van der Waals surface area contributed by atoms with Crippen molar-refractivity contribution in [1.82, 2.24) is 0 Å². The van der Waals surface area contributed by atoms with E-state index in [1.165, 1.54) is 19.1 Å². The quantitative estimate of drug-likeness (QED) is 0.478. The Morgan fingerprint density at radius 3 is 2.70 bits per heavy atom. The predicted octanol–water partition coefficient (Wildman–Crippen LogP) is 3.38. The highest BCUT2D eigenvalue weighted by Crippen LogP contribution is 2.34. The molecule has 1 aromatic heterocycles. The molecule has 0 unspecified atom stereocenters. The number of hydrogen-bond donors (Lipinski definition) is 1. The first-order valence-electron chi connectivity index (χ1n) is 7.64. The summed E-state index contributed by atoms with van der Waals surface area (Å²) in [5, 5.41) is 9.98. The van der Waals surface area contributed by atoms with Crippen LogP contribution in [-0.2, 0) is 4.79 Å². The fraction of sp³-hybridized carbons (Fsp3) is 0.412. The van der Waals surface area contributed by atoms with Gasteiger partial charge in [0.15, 0.2) is 5.75 Å².